The Morgan fingerprint density at radius 2 is 2.21 bits per heavy atom. The van der Waals surface area contributed by atoms with Gasteiger partial charge in [-0.1, -0.05) is 19.1 Å². The summed E-state index contributed by atoms with van der Waals surface area (Å²) in [6, 6.07) is 7.03. The van der Waals surface area contributed by atoms with E-state index in [-0.39, 0.29) is 5.82 Å². The zero-order chi connectivity index (χ0) is 9.97. The summed E-state index contributed by atoms with van der Waals surface area (Å²) in [5.41, 5.74) is 2.32. The monoisotopic (exact) mass is 190 g/mol. The second-order valence-corrected chi connectivity index (χ2v) is 3.12. The number of nitrogens with one attached hydrogen (secondary N) is 1. The fourth-order valence-corrected chi connectivity index (χ4v) is 1.41. The molecule has 2 rings (SSSR count). The zero-order valence-corrected chi connectivity index (χ0v) is 7.92. The van der Waals surface area contributed by atoms with Crippen molar-refractivity contribution in [1.29, 1.82) is 0 Å². The summed E-state index contributed by atoms with van der Waals surface area (Å²) in [5, 5.41) is 6.70. The van der Waals surface area contributed by atoms with Crippen LogP contribution in [0, 0.1) is 5.82 Å². The van der Waals surface area contributed by atoms with Gasteiger partial charge >= 0.3 is 0 Å². The minimum Gasteiger partial charge on any atom is -0.285 e. The van der Waals surface area contributed by atoms with Crippen molar-refractivity contribution in [3.8, 4) is 11.3 Å². The van der Waals surface area contributed by atoms with E-state index in [1.165, 1.54) is 6.07 Å². The number of aromatic amines is 1. The van der Waals surface area contributed by atoms with Gasteiger partial charge in [0, 0.05) is 11.8 Å². The van der Waals surface area contributed by atoms with Crippen molar-refractivity contribution in [3.63, 3.8) is 0 Å². The van der Waals surface area contributed by atoms with Gasteiger partial charge in [0.05, 0.1) is 5.69 Å². The molecule has 3 heteroatoms. The van der Waals surface area contributed by atoms with E-state index < -0.39 is 0 Å². The quantitative estimate of drug-likeness (QED) is 0.775. The van der Waals surface area contributed by atoms with Crippen molar-refractivity contribution in [2.45, 2.75) is 13.3 Å². The number of hydrogen-bond donors (Lipinski definition) is 1. The molecule has 0 amide bonds. The molecule has 0 saturated heterocycles. The molecule has 0 aliphatic heterocycles. The van der Waals surface area contributed by atoms with E-state index in [4.69, 9.17) is 0 Å². The van der Waals surface area contributed by atoms with E-state index in [2.05, 4.69) is 10.2 Å². The molecule has 0 aliphatic rings. The molecule has 0 unspecified atom stereocenters. The first-order valence-corrected chi connectivity index (χ1v) is 4.60. The SMILES string of the molecule is CCc1ccc(-c2cc[nH]n2)cc1F. The van der Waals surface area contributed by atoms with Crippen LogP contribution < -0.4 is 0 Å². The maximum Gasteiger partial charge on any atom is 0.127 e. The Bertz CT molecular complexity index is 421. The van der Waals surface area contributed by atoms with Crippen LogP contribution in [0.5, 0.6) is 0 Å². The van der Waals surface area contributed by atoms with Crippen molar-refractivity contribution in [2.24, 2.45) is 0 Å². The molecule has 0 saturated carbocycles. The lowest BCUT2D eigenvalue weighted by Gasteiger charge is -2.01. The van der Waals surface area contributed by atoms with Gasteiger partial charge in [0.1, 0.15) is 5.82 Å². The summed E-state index contributed by atoms with van der Waals surface area (Å²) in [7, 11) is 0. The second kappa shape index (κ2) is 3.62. The Balaban J connectivity index is 2.43. The van der Waals surface area contributed by atoms with Crippen LogP contribution in [0.3, 0.4) is 0 Å². The average molecular weight is 190 g/mol. The maximum atomic E-state index is 13.4. The van der Waals surface area contributed by atoms with Crippen LogP contribution in [-0.2, 0) is 6.42 Å². The standard InChI is InChI=1S/C11H11FN2/c1-2-8-3-4-9(7-10(8)12)11-5-6-13-14-11/h3-7H,2H2,1H3,(H,13,14). The highest BCUT2D eigenvalue weighted by Crippen LogP contribution is 2.19. The number of halogens is 1. The number of hydrogen-bond acceptors (Lipinski definition) is 1. The average Bonchev–Trinajstić information content (AvgIpc) is 2.70. The first kappa shape index (κ1) is 8.94. The van der Waals surface area contributed by atoms with Crippen LogP contribution in [0.25, 0.3) is 11.3 Å². The van der Waals surface area contributed by atoms with Gasteiger partial charge in [0.2, 0.25) is 0 Å². The van der Waals surface area contributed by atoms with Crippen LogP contribution in [0.1, 0.15) is 12.5 Å². The van der Waals surface area contributed by atoms with Crippen molar-refractivity contribution in [2.75, 3.05) is 0 Å². The van der Waals surface area contributed by atoms with E-state index in [0.717, 1.165) is 16.8 Å². The summed E-state index contributed by atoms with van der Waals surface area (Å²) >= 11 is 0. The molecule has 1 heterocycles. The molecule has 2 aromatic rings. The molecule has 0 spiro atoms. The third kappa shape index (κ3) is 1.53. The lowest BCUT2D eigenvalue weighted by molar-refractivity contribution is 0.612. The number of rotatable bonds is 2. The summed E-state index contributed by atoms with van der Waals surface area (Å²) in [5.74, 6) is -0.159. The van der Waals surface area contributed by atoms with Gasteiger partial charge in [-0.15, -0.1) is 0 Å². The lowest BCUT2D eigenvalue weighted by atomic mass is 10.1. The van der Waals surface area contributed by atoms with Crippen LogP contribution >= 0.6 is 0 Å². The van der Waals surface area contributed by atoms with E-state index >= 15 is 0 Å². The molecular formula is C11H11FN2. The van der Waals surface area contributed by atoms with Crippen molar-refractivity contribution >= 4 is 0 Å². The molecule has 2 nitrogen and oxygen atoms in total. The molecule has 0 bridgehead atoms. The normalized spacial score (nSPS) is 10.4. The number of benzene rings is 1. The Morgan fingerprint density at radius 3 is 2.79 bits per heavy atom. The number of H-pyrrole nitrogens is 1. The Morgan fingerprint density at radius 1 is 1.36 bits per heavy atom. The molecular weight excluding hydrogens is 179 g/mol. The van der Waals surface area contributed by atoms with Crippen LogP contribution in [0.15, 0.2) is 30.5 Å². The van der Waals surface area contributed by atoms with Gasteiger partial charge in [0.15, 0.2) is 0 Å². The number of nitrogens with zero attached hydrogens (tertiary/aromatic N) is 1. The van der Waals surface area contributed by atoms with E-state index in [1.54, 1.807) is 12.3 Å². The molecule has 0 atom stereocenters. The Labute approximate surface area is 81.8 Å². The van der Waals surface area contributed by atoms with Crippen LogP contribution in [0.4, 0.5) is 4.39 Å². The summed E-state index contributed by atoms with van der Waals surface area (Å²) in [6.45, 7) is 1.94. The largest absolute Gasteiger partial charge is 0.285 e. The fraction of sp³-hybridized carbons (Fsp3) is 0.182. The molecule has 72 valence electrons. The fourth-order valence-electron chi connectivity index (χ4n) is 1.41. The van der Waals surface area contributed by atoms with Crippen molar-refractivity contribution < 1.29 is 4.39 Å². The zero-order valence-electron chi connectivity index (χ0n) is 7.92. The molecule has 1 N–H and O–H groups in total. The summed E-state index contributed by atoms with van der Waals surface area (Å²) in [6.07, 6.45) is 2.44. The lowest BCUT2D eigenvalue weighted by Crippen LogP contribution is -1.88. The van der Waals surface area contributed by atoms with Crippen molar-refractivity contribution in [1.82, 2.24) is 10.2 Å². The summed E-state index contributed by atoms with van der Waals surface area (Å²) < 4.78 is 13.4. The minimum absolute atomic E-state index is 0.159. The van der Waals surface area contributed by atoms with Gasteiger partial charge in [0.25, 0.3) is 0 Å². The van der Waals surface area contributed by atoms with Gasteiger partial charge < -0.3 is 0 Å². The van der Waals surface area contributed by atoms with Crippen molar-refractivity contribution in [3.05, 3.63) is 41.8 Å². The third-order valence-corrected chi connectivity index (χ3v) is 2.23. The van der Waals surface area contributed by atoms with E-state index in [0.29, 0.717) is 6.42 Å². The van der Waals surface area contributed by atoms with E-state index in [1.807, 2.05) is 19.1 Å². The molecule has 0 aliphatic carbocycles. The topological polar surface area (TPSA) is 28.7 Å². The van der Waals surface area contributed by atoms with E-state index in [9.17, 15) is 4.39 Å². The predicted molar refractivity (Wildman–Crippen MR) is 53.4 cm³/mol. The van der Waals surface area contributed by atoms with Crippen LogP contribution in [0.2, 0.25) is 0 Å². The highest BCUT2D eigenvalue weighted by atomic mass is 19.1. The third-order valence-electron chi connectivity index (χ3n) is 2.23. The number of aryl methyl sites for hydroxylation is 1. The summed E-state index contributed by atoms with van der Waals surface area (Å²) in [4.78, 5) is 0. The number of aromatic nitrogens is 2. The van der Waals surface area contributed by atoms with Crippen LogP contribution in [-0.4, -0.2) is 10.2 Å². The second-order valence-electron chi connectivity index (χ2n) is 3.12. The van der Waals surface area contributed by atoms with Gasteiger partial charge in [-0.25, -0.2) is 4.39 Å². The van der Waals surface area contributed by atoms with Gasteiger partial charge in [-0.2, -0.15) is 5.10 Å². The highest BCUT2D eigenvalue weighted by Gasteiger charge is 2.04. The first-order valence-electron chi connectivity index (χ1n) is 4.60. The van der Waals surface area contributed by atoms with Gasteiger partial charge in [-0.05, 0) is 24.1 Å². The highest BCUT2D eigenvalue weighted by molar-refractivity contribution is 5.58. The maximum absolute atomic E-state index is 13.4. The molecule has 1 aromatic carbocycles. The van der Waals surface area contributed by atoms with Gasteiger partial charge in [-0.3, -0.25) is 5.10 Å². The molecule has 0 radical (unpaired) electrons. The smallest absolute Gasteiger partial charge is 0.127 e. The first-order chi connectivity index (χ1) is 6.81. The minimum atomic E-state index is -0.159. The predicted octanol–water partition coefficient (Wildman–Crippen LogP) is 2.78. The molecule has 0 fully saturated rings. The molecule has 14 heavy (non-hydrogen) atoms. The Kier molecular flexibility index (Phi) is 2.31. The molecule has 1 aromatic heterocycles. The Hall–Kier alpha value is -1.64.